The molecule has 3 unspecified atom stereocenters. The number of hydrogen-bond donors (Lipinski definition) is 1. The number of nitrogens with one attached hydrogen (secondary N) is 1. The number of benzene rings is 1. The molecule has 2 saturated carbocycles. The van der Waals surface area contributed by atoms with Crippen molar-refractivity contribution in [3.63, 3.8) is 0 Å². The largest absolute Gasteiger partial charge is 0.573 e. The normalized spacial score (nSPS) is 29.8. The molecular weight excluding hydrogens is 243 g/mol. The summed E-state index contributed by atoms with van der Waals surface area (Å²) in [6, 6.07) is 6.45. The van der Waals surface area contributed by atoms with E-state index in [4.69, 9.17) is 0 Å². The van der Waals surface area contributed by atoms with Crippen molar-refractivity contribution in [3.05, 3.63) is 24.3 Å². The van der Waals surface area contributed by atoms with E-state index in [0.29, 0.717) is 6.04 Å². The Bertz CT molecular complexity index is 429. The highest BCUT2D eigenvalue weighted by Gasteiger charge is 2.47. The second-order valence-corrected chi connectivity index (χ2v) is 5.06. The maximum absolute atomic E-state index is 12.0. The lowest BCUT2D eigenvalue weighted by Gasteiger charge is -2.16. The molecule has 1 aromatic rings. The molecule has 0 heterocycles. The van der Waals surface area contributed by atoms with Crippen LogP contribution in [0.1, 0.15) is 19.3 Å². The third kappa shape index (κ3) is 2.54. The Morgan fingerprint density at radius 1 is 1.11 bits per heavy atom. The van der Waals surface area contributed by atoms with Crippen LogP contribution in [-0.4, -0.2) is 12.4 Å². The van der Waals surface area contributed by atoms with Gasteiger partial charge in [0.2, 0.25) is 0 Å². The third-order valence-corrected chi connectivity index (χ3v) is 3.78. The van der Waals surface area contributed by atoms with E-state index >= 15 is 0 Å². The highest BCUT2D eigenvalue weighted by Crippen LogP contribution is 2.52. The van der Waals surface area contributed by atoms with Crippen molar-refractivity contribution in [1.82, 2.24) is 0 Å². The number of ether oxygens (including phenoxy) is 1. The molecule has 0 radical (unpaired) electrons. The van der Waals surface area contributed by atoms with Gasteiger partial charge in [-0.3, -0.25) is 0 Å². The van der Waals surface area contributed by atoms with E-state index < -0.39 is 6.36 Å². The number of anilines is 1. The lowest BCUT2D eigenvalue weighted by Crippen LogP contribution is -2.19. The quantitative estimate of drug-likeness (QED) is 0.889. The summed E-state index contributed by atoms with van der Waals surface area (Å²) in [5.41, 5.74) is 0.863. The molecule has 0 saturated heterocycles. The van der Waals surface area contributed by atoms with Crippen molar-refractivity contribution in [2.45, 2.75) is 31.7 Å². The molecule has 0 bridgehead atoms. The summed E-state index contributed by atoms with van der Waals surface area (Å²) < 4.78 is 39.8. The van der Waals surface area contributed by atoms with E-state index in [0.717, 1.165) is 23.9 Å². The van der Waals surface area contributed by atoms with Gasteiger partial charge in [-0.1, -0.05) is 0 Å². The summed E-state index contributed by atoms with van der Waals surface area (Å²) in [5.74, 6) is 1.48. The van der Waals surface area contributed by atoms with Gasteiger partial charge in [-0.2, -0.15) is 0 Å². The fourth-order valence-electron chi connectivity index (χ4n) is 2.85. The predicted octanol–water partition coefficient (Wildman–Crippen LogP) is 3.80. The number of fused-ring (bicyclic) bond motifs is 1. The number of hydrogen-bond acceptors (Lipinski definition) is 2. The molecule has 0 amide bonds. The van der Waals surface area contributed by atoms with E-state index in [2.05, 4.69) is 10.1 Å². The van der Waals surface area contributed by atoms with Crippen LogP contribution in [-0.2, 0) is 0 Å². The molecule has 2 fully saturated rings. The Labute approximate surface area is 103 Å². The van der Waals surface area contributed by atoms with Gasteiger partial charge in [0.15, 0.2) is 0 Å². The molecule has 2 aliphatic carbocycles. The summed E-state index contributed by atoms with van der Waals surface area (Å²) in [4.78, 5) is 0. The average Bonchev–Trinajstić information content (AvgIpc) is 2.96. The summed E-state index contributed by atoms with van der Waals surface area (Å²) in [5, 5.41) is 3.39. The first-order valence-corrected chi connectivity index (χ1v) is 6.13. The topological polar surface area (TPSA) is 21.3 Å². The number of alkyl halides is 3. The van der Waals surface area contributed by atoms with Gasteiger partial charge in [0.05, 0.1) is 0 Å². The van der Waals surface area contributed by atoms with Crippen molar-refractivity contribution in [3.8, 4) is 5.75 Å². The molecule has 3 atom stereocenters. The molecule has 2 aliphatic rings. The number of halogens is 3. The summed E-state index contributed by atoms with van der Waals surface area (Å²) in [7, 11) is 0. The van der Waals surface area contributed by atoms with E-state index in [1.165, 1.54) is 25.0 Å². The minimum Gasteiger partial charge on any atom is -0.406 e. The third-order valence-electron chi connectivity index (χ3n) is 3.78. The molecule has 3 rings (SSSR count). The predicted molar refractivity (Wildman–Crippen MR) is 61.4 cm³/mol. The molecule has 1 N–H and O–H groups in total. The van der Waals surface area contributed by atoms with Crippen LogP contribution in [0.4, 0.5) is 18.9 Å². The first kappa shape index (κ1) is 11.7. The average molecular weight is 257 g/mol. The Morgan fingerprint density at radius 3 is 2.33 bits per heavy atom. The molecular formula is C13H14F3NO. The molecule has 0 spiro atoms. The smallest absolute Gasteiger partial charge is 0.406 e. The van der Waals surface area contributed by atoms with Crippen LogP contribution >= 0.6 is 0 Å². The van der Waals surface area contributed by atoms with Gasteiger partial charge in [0.25, 0.3) is 0 Å². The maximum atomic E-state index is 12.0. The highest BCUT2D eigenvalue weighted by atomic mass is 19.4. The van der Waals surface area contributed by atoms with Gasteiger partial charge in [-0.25, -0.2) is 0 Å². The second-order valence-electron chi connectivity index (χ2n) is 5.06. The Kier molecular flexibility index (Phi) is 2.64. The SMILES string of the molecule is FC(F)(F)Oc1ccc(NC2CCC3CC32)cc1. The summed E-state index contributed by atoms with van der Waals surface area (Å²) >= 11 is 0. The van der Waals surface area contributed by atoms with Crippen molar-refractivity contribution in [2.75, 3.05) is 5.32 Å². The van der Waals surface area contributed by atoms with Crippen LogP contribution < -0.4 is 10.1 Å². The van der Waals surface area contributed by atoms with E-state index in [1.54, 1.807) is 12.1 Å². The van der Waals surface area contributed by atoms with E-state index in [9.17, 15) is 13.2 Å². The minimum atomic E-state index is -4.62. The Balaban J connectivity index is 1.60. The highest BCUT2D eigenvalue weighted by molar-refractivity contribution is 5.47. The second kappa shape index (κ2) is 4.07. The van der Waals surface area contributed by atoms with Crippen molar-refractivity contribution < 1.29 is 17.9 Å². The molecule has 5 heteroatoms. The lowest BCUT2D eigenvalue weighted by molar-refractivity contribution is -0.274. The first-order chi connectivity index (χ1) is 8.51. The van der Waals surface area contributed by atoms with Crippen LogP contribution in [0, 0.1) is 11.8 Å². The fourth-order valence-corrected chi connectivity index (χ4v) is 2.85. The van der Waals surface area contributed by atoms with Gasteiger partial charge in [0.1, 0.15) is 5.75 Å². The van der Waals surface area contributed by atoms with Gasteiger partial charge in [-0.05, 0) is 55.4 Å². The monoisotopic (exact) mass is 257 g/mol. The zero-order valence-electron chi connectivity index (χ0n) is 9.70. The zero-order chi connectivity index (χ0) is 12.8. The zero-order valence-corrected chi connectivity index (χ0v) is 9.70. The van der Waals surface area contributed by atoms with Crippen LogP contribution in [0.25, 0.3) is 0 Å². The molecule has 1 aromatic carbocycles. The van der Waals surface area contributed by atoms with Crippen molar-refractivity contribution in [2.24, 2.45) is 11.8 Å². The standard InChI is InChI=1S/C13H14F3NO/c14-13(15,16)18-10-4-2-9(3-5-10)17-12-6-1-8-7-11(8)12/h2-5,8,11-12,17H,1,6-7H2. The van der Waals surface area contributed by atoms with E-state index in [-0.39, 0.29) is 5.75 Å². The van der Waals surface area contributed by atoms with Gasteiger partial charge < -0.3 is 10.1 Å². The number of rotatable bonds is 3. The minimum absolute atomic E-state index is 0.177. The molecule has 0 aliphatic heterocycles. The van der Waals surface area contributed by atoms with Crippen LogP contribution in [0.15, 0.2) is 24.3 Å². The maximum Gasteiger partial charge on any atom is 0.573 e. The van der Waals surface area contributed by atoms with Gasteiger partial charge in [-0.15, -0.1) is 13.2 Å². The van der Waals surface area contributed by atoms with Crippen LogP contribution in [0.3, 0.4) is 0 Å². The van der Waals surface area contributed by atoms with Crippen molar-refractivity contribution >= 4 is 5.69 Å². The first-order valence-electron chi connectivity index (χ1n) is 6.13. The van der Waals surface area contributed by atoms with Crippen LogP contribution in [0.2, 0.25) is 0 Å². The molecule has 98 valence electrons. The molecule has 0 aromatic heterocycles. The fraction of sp³-hybridized carbons (Fsp3) is 0.538. The van der Waals surface area contributed by atoms with Gasteiger partial charge >= 0.3 is 6.36 Å². The summed E-state index contributed by atoms with van der Waals surface area (Å²) in [6.45, 7) is 0. The Hall–Kier alpha value is -1.39. The molecule has 18 heavy (non-hydrogen) atoms. The van der Waals surface area contributed by atoms with Gasteiger partial charge in [0, 0.05) is 11.7 Å². The van der Waals surface area contributed by atoms with E-state index in [1.807, 2.05) is 0 Å². The Morgan fingerprint density at radius 2 is 1.83 bits per heavy atom. The summed E-state index contributed by atoms with van der Waals surface area (Å²) in [6.07, 6.45) is -0.887. The lowest BCUT2D eigenvalue weighted by atomic mass is 10.1. The molecule has 2 nitrogen and oxygen atoms in total. The van der Waals surface area contributed by atoms with Crippen molar-refractivity contribution in [1.29, 1.82) is 0 Å². The van der Waals surface area contributed by atoms with Crippen LogP contribution in [0.5, 0.6) is 5.75 Å².